The van der Waals surface area contributed by atoms with Gasteiger partial charge in [-0.1, -0.05) is 0 Å². The van der Waals surface area contributed by atoms with Gasteiger partial charge < -0.3 is 9.84 Å². The van der Waals surface area contributed by atoms with Gasteiger partial charge in [0.25, 0.3) is 11.6 Å². The normalized spacial score (nSPS) is 9.64. The molecule has 0 aliphatic heterocycles. The van der Waals surface area contributed by atoms with Crippen molar-refractivity contribution in [2.24, 2.45) is 0 Å². The van der Waals surface area contributed by atoms with E-state index >= 15 is 0 Å². The summed E-state index contributed by atoms with van der Waals surface area (Å²) in [5.41, 5.74) is -0.477. The molecule has 0 bridgehead atoms. The number of hydrogen-bond donors (Lipinski definition) is 2. The predicted molar refractivity (Wildman–Crippen MR) is 40.8 cm³/mol. The highest BCUT2D eigenvalue weighted by molar-refractivity contribution is 9.10. The number of H-pyrrole nitrogens is 1. The summed E-state index contributed by atoms with van der Waals surface area (Å²) in [6.07, 6.45) is 0. The van der Waals surface area contributed by atoms with Crippen LogP contribution in [-0.4, -0.2) is 22.2 Å². The number of halogens is 1. The van der Waals surface area contributed by atoms with Crippen molar-refractivity contribution >= 4 is 15.9 Å². The van der Waals surface area contributed by atoms with Crippen LogP contribution in [0.1, 0.15) is 0 Å². The van der Waals surface area contributed by atoms with Crippen molar-refractivity contribution in [2.45, 2.75) is 0 Å². The number of hydrogen-bond acceptors (Lipinski definition) is 4. The van der Waals surface area contributed by atoms with E-state index in [4.69, 9.17) is 5.11 Å². The zero-order chi connectivity index (χ0) is 8.43. The minimum Gasteiger partial charge on any atom is -0.492 e. The SMILES string of the molecule is COc1nc(O)c(Br)c(=O)[nH]1. The maximum absolute atomic E-state index is 10.8. The third kappa shape index (κ3) is 1.51. The first-order chi connectivity index (χ1) is 5.15. The molecule has 1 heterocycles. The molecule has 0 amide bonds. The third-order valence-electron chi connectivity index (χ3n) is 1.02. The van der Waals surface area contributed by atoms with E-state index < -0.39 is 5.56 Å². The summed E-state index contributed by atoms with van der Waals surface area (Å²) in [5.74, 6) is -0.384. The summed E-state index contributed by atoms with van der Waals surface area (Å²) < 4.78 is 4.58. The van der Waals surface area contributed by atoms with Crippen LogP contribution in [-0.2, 0) is 0 Å². The Morgan fingerprint density at radius 3 is 2.82 bits per heavy atom. The van der Waals surface area contributed by atoms with Crippen LogP contribution in [0.15, 0.2) is 9.27 Å². The van der Waals surface area contributed by atoms with Gasteiger partial charge in [0.15, 0.2) is 0 Å². The molecule has 2 N–H and O–H groups in total. The lowest BCUT2D eigenvalue weighted by atomic mass is 10.6. The van der Waals surface area contributed by atoms with Crippen LogP contribution >= 0.6 is 15.9 Å². The predicted octanol–water partition coefficient (Wildman–Crippen LogP) is 0.247. The number of ether oxygens (including phenoxy) is 1. The average Bonchev–Trinajstić information content (AvgIpc) is 1.99. The first-order valence-corrected chi connectivity index (χ1v) is 3.47. The minimum atomic E-state index is -0.477. The number of aromatic amines is 1. The number of nitrogens with one attached hydrogen (secondary N) is 1. The fourth-order valence-corrected chi connectivity index (χ4v) is 0.711. The molecule has 0 aliphatic rings. The van der Waals surface area contributed by atoms with Gasteiger partial charge in [-0.15, -0.1) is 0 Å². The monoisotopic (exact) mass is 220 g/mol. The van der Waals surface area contributed by atoms with Gasteiger partial charge in [-0.05, 0) is 15.9 Å². The van der Waals surface area contributed by atoms with Gasteiger partial charge in [0.05, 0.1) is 7.11 Å². The molecule has 0 radical (unpaired) electrons. The summed E-state index contributed by atoms with van der Waals surface area (Å²) in [7, 11) is 1.34. The van der Waals surface area contributed by atoms with Crippen molar-refractivity contribution in [3.05, 3.63) is 14.8 Å². The first kappa shape index (κ1) is 8.06. The molecule has 1 rings (SSSR count). The topological polar surface area (TPSA) is 75.2 Å². The van der Waals surface area contributed by atoms with Crippen LogP contribution < -0.4 is 10.3 Å². The third-order valence-corrected chi connectivity index (χ3v) is 1.73. The zero-order valence-corrected chi connectivity index (χ0v) is 7.17. The quantitative estimate of drug-likeness (QED) is 0.712. The molecule has 0 saturated carbocycles. The zero-order valence-electron chi connectivity index (χ0n) is 5.59. The molecule has 0 fully saturated rings. The number of methoxy groups -OCH3 is 1. The van der Waals surface area contributed by atoms with E-state index in [1.54, 1.807) is 0 Å². The molecular formula is C5H5BrN2O3. The Bertz CT molecular complexity index is 322. The van der Waals surface area contributed by atoms with Crippen molar-refractivity contribution in [1.29, 1.82) is 0 Å². The standard InChI is InChI=1S/C5H5BrN2O3/c1-11-5-7-3(9)2(6)4(10)8-5/h1H3,(H2,7,8,9,10). The second-order valence-electron chi connectivity index (χ2n) is 1.71. The van der Waals surface area contributed by atoms with Crippen molar-refractivity contribution in [2.75, 3.05) is 7.11 Å². The molecular weight excluding hydrogens is 216 g/mol. The Balaban J connectivity index is 3.32. The number of aromatic nitrogens is 2. The highest BCUT2D eigenvalue weighted by atomic mass is 79.9. The van der Waals surface area contributed by atoms with Gasteiger partial charge in [-0.25, -0.2) is 0 Å². The van der Waals surface area contributed by atoms with Gasteiger partial charge in [0, 0.05) is 0 Å². The van der Waals surface area contributed by atoms with Gasteiger partial charge in [0.2, 0.25) is 5.88 Å². The summed E-state index contributed by atoms with van der Waals surface area (Å²) in [6.45, 7) is 0. The van der Waals surface area contributed by atoms with E-state index in [9.17, 15) is 4.79 Å². The van der Waals surface area contributed by atoms with Gasteiger partial charge >= 0.3 is 0 Å². The van der Waals surface area contributed by atoms with Crippen LogP contribution in [0.25, 0.3) is 0 Å². The van der Waals surface area contributed by atoms with Gasteiger partial charge in [-0.3, -0.25) is 9.78 Å². The Hall–Kier alpha value is -1.04. The first-order valence-electron chi connectivity index (χ1n) is 2.68. The van der Waals surface area contributed by atoms with Crippen molar-refractivity contribution < 1.29 is 9.84 Å². The molecule has 6 heteroatoms. The molecule has 0 spiro atoms. The molecule has 1 aromatic rings. The molecule has 0 aromatic carbocycles. The van der Waals surface area contributed by atoms with Crippen LogP contribution in [0.2, 0.25) is 0 Å². The summed E-state index contributed by atoms with van der Waals surface area (Å²) in [5, 5.41) is 8.95. The number of nitrogens with zero attached hydrogens (tertiary/aromatic N) is 1. The molecule has 0 atom stereocenters. The molecule has 5 nitrogen and oxygen atoms in total. The van der Waals surface area contributed by atoms with Gasteiger partial charge in [-0.2, -0.15) is 4.98 Å². The van der Waals surface area contributed by atoms with Crippen LogP contribution in [0.3, 0.4) is 0 Å². The Kier molecular flexibility index (Phi) is 2.13. The van der Waals surface area contributed by atoms with Gasteiger partial charge in [0.1, 0.15) is 4.47 Å². The molecule has 0 aliphatic carbocycles. The second kappa shape index (κ2) is 2.91. The van der Waals surface area contributed by atoms with E-state index in [0.717, 1.165) is 0 Å². The lowest BCUT2D eigenvalue weighted by Gasteiger charge is -1.98. The summed E-state index contributed by atoms with van der Waals surface area (Å²) in [4.78, 5) is 16.6. The fourth-order valence-electron chi connectivity index (χ4n) is 0.523. The van der Waals surface area contributed by atoms with E-state index in [0.29, 0.717) is 0 Å². The average molecular weight is 221 g/mol. The molecule has 0 unspecified atom stereocenters. The molecule has 1 aromatic heterocycles. The molecule has 60 valence electrons. The summed E-state index contributed by atoms with van der Waals surface area (Å²) >= 11 is 2.83. The number of rotatable bonds is 1. The largest absolute Gasteiger partial charge is 0.492 e. The smallest absolute Gasteiger partial charge is 0.299 e. The van der Waals surface area contributed by atoms with Crippen molar-refractivity contribution in [3.8, 4) is 11.9 Å². The summed E-state index contributed by atoms with van der Waals surface area (Å²) in [6, 6.07) is -0.0179. The lowest BCUT2D eigenvalue weighted by molar-refractivity contribution is 0.360. The Labute approximate surface area is 70.2 Å². The van der Waals surface area contributed by atoms with E-state index in [2.05, 4.69) is 30.6 Å². The molecule has 0 saturated heterocycles. The fraction of sp³-hybridized carbons (Fsp3) is 0.200. The number of aromatic hydroxyl groups is 1. The van der Waals surface area contributed by atoms with Crippen molar-refractivity contribution in [3.63, 3.8) is 0 Å². The maximum atomic E-state index is 10.8. The highest BCUT2D eigenvalue weighted by Gasteiger charge is 2.06. The van der Waals surface area contributed by atoms with Crippen LogP contribution in [0.5, 0.6) is 11.9 Å². The Morgan fingerprint density at radius 2 is 2.36 bits per heavy atom. The second-order valence-corrected chi connectivity index (χ2v) is 2.51. The lowest BCUT2D eigenvalue weighted by Crippen LogP contribution is -2.09. The minimum absolute atomic E-state index is 0.00157. The Morgan fingerprint density at radius 1 is 1.73 bits per heavy atom. The molecule has 11 heavy (non-hydrogen) atoms. The van der Waals surface area contributed by atoms with Crippen LogP contribution in [0, 0.1) is 0 Å². The maximum Gasteiger partial charge on any atom is 0.299 e. The van der Waals surface area contributed by atoms with E-state index in [1.807, 2.05) is 0 Å². The van der Waals surface area contributed by atoms with E-state index in [-0.39, 0.29) is 16.4 Å². The van der Waals surface area contributed by atoms with Crippen LogP contribution in [0.4, 0.5) is 0 Å². The van der Waals surface area contributed by atoms with Crippen molar-refractivity contribution in [1.82, 2.24) is 9.97 Å². The highest BCUT2D eigenvalue weighted by Crippen LogP contribution is 2.16. The van der Waals surface area contributed by atoms with E-state index in [1.165, 1.54) is 7.11 Å².